The maximum absolute atomic E-state index is 11.7. The number of benzene rings is 2. The fourth-order valence-electron chi connectivity index (χ4n) is 6.01. The molecular formula is C24H30O3. The fourth-order valence-corrected chi connectivity index (χ4v) is 6.01. The Bertz CT molecular complexity index is 844. The second-order valence-corrected chi connectivity index (χ2v) is 9.00. The maximum atomic E-state index is 11.7. The molecule has 27 heavy (non-hydrogen) atoms. The number of rotatable bonds is 2. The van der Waals surface area contributed by atoms with E-state index in [9.17, 15) is 15.3 Å². The highest BCUT2D eigenvalue weighted by atomic mass is 16.4. The van der Waals surface area contributed by atoms with Crippen molar-refractivity contribution in [3.8, 4) is 5.75 Å². The Kier molecular flexibility index (Phi) is 4.17. The zero-order valence-corrected chi connectivity index (χ0v) is 16.4. The van der Waals surface area contributed by atoms with Crippen molar-refractivity contribution in [2.75, 3.05) is 0 Å². The highest BCUT2D eigenvalue weighted by Crippen LogP contribution is 2.61. The molecule has 3 N–H and O–H groups in total. The van der Waals surface area contributed by atoms with Gasteiger partial charge in [0.1, 0.15) is 11.4 Å². The molecule has 0 spiro atoms. The largest absolute Gasteiger partial charge is 0.508 e. The van der Waals surface area contributed by atoms with Crippen LogP contribution in [0.4, 0.5) is 0 Å². The fraction of sp³-hybridized carbons (Fsp3) is 0.500. The van der Waals surface area contributed by atoms with Gasteiger partial charge in [0, 0.05) is 5.41 Å². The molecule has 0 radical (unpaired) electrons. The summed E-state index contributed by atoms with van der Waals surface area (Å²) in [6, 6.07) is 15.3. The van der Waals surface area contributed by atoms with Gasteiger partial charge in [0.15, 0.2) is 0 Å². The van der Waals surface area contributed by atoms with E-state index in [-0.39, 0.29) is 11.3 Å². The minimum absolute atomic E-state index is 0.181. The Morgan fingerprint density at radius 2 is 1.78 bits per heavy atom. The van der Waals surface area contributed by atoms with Crippen LogP contribution in [0.15, 0.2) is 48.5 Å². The van der Waals surface area contributed by atoms with E-state index >= 15 is 0 Å². The number of fused-ring (bicyclic) bond motifs is 3. The molecule has 0 bridgehead atoms. The third-order valence-corrected chi connectivity index (χ3v) is 7.50. The molecule has 5 atom stereocenters. The third kappa shape index (κ3) is 2.55. The normalized spacial score (nSPS) is 38.1. The zero-order chi connectivity index (χ0) is 19.4. The quantitative estimate of drug-likeness (QED) is 0.728. The molecule has 2 aromatic rings. The van der Waals surface area contributed by atoms with Crippen LogP contribution in [0.25, 0.3) is 0 Å². The Morgan fingerprint density at radius 1 is 1.07 bits per heavy atom. The predicted octanol–water partition coefficient (Wildman–Crippen LogP) is 4.60. The second-order valence-electron chi connectivity index (χ2n) is 9.00. The molecule has 2 aliphatic rings. The number of aromatic hydroxyl groups is 1. The molecule has 4 unspecified atom stereocenters. The van der Waals surface area contributed by atoms with Crippen LogP contribution in [-0.4, -0.2) is 20.9 Å². The monoisotopic (exact) mass is 366 g/mol. The van der Waals surface area contributed by atoms with Crippen LogP contribution >= 0.6 is 0 Å². The van der Waals surface area contributed by atoms with Crippen molar-refractivity contribution in [2.45, 2.75) is 69.0 Å². The number of hydrogen-bond acceptors (Lipinski definition) is 3. The SMILES string of the molecule is CCC12CC(C)(O)C(O)(c3ccccc3)C[C@H]1CC(C)c1cc(O)ccc12. The summed E-state index contributed by atoms with van der Waals surface area (Å²) in [6.07, 6.45) is 2.91. The van der Waals surface area contributed by atoms with Crippen LogP contribution in [0.1, 0.15) is 69.1 Å². The second kappa shape index (κ2) is 6.08. The van der Waals surface area contributed by atoms with Crippen LogP contribution in [0.2, 0.25) is 0 Å². The van der Waals surface area contributed by atoms with Gasteiger partial charge in [0.05, 0.1) is 5.60 Å². The van der Waals surface area contributed by atoms with Crippen molar-refractivity contribution in [1.82, 2.24) is 0 Å². The average molecular weight is 367 g/mol. The number of aliphatic hydroxyl groups is 2. The molecule has 4 rings (SSSR count). The molecule has 0 heterocycles. The van der Waals surface area contributed by atoms with Gasteiger partial charge in [0.2, 0.25) is 0 Å². The lowest BCUT2D eigenvalue weighted by atomic mass is 9.47. The summed E-state index contributed by atoms with van der Waals surface area (Å²) in [5, 5.41) is 33.2. The van der Waals surface area contributed by atoms with Gasteiger partial charge in [-0.25, -0.2) is 0 Å². The number of phenolic OH excluding ortho intramolecular Hbond substituents is 1. The molecule has 144 valence electrons. The average Bonchev–Trinajstić information content (AvgIpc) is 2.64. The molecule has 3 heteroatoms. The van der Waals surface area contributed by atoms with Crippen molar-refractivity contribution in [1.29, 1.82) is 0 Å². The Balaban J connectivity index is 1.86. The first-order valence-corrected chi connectivity index (χ1v) is 10.1. The Hall–Kier alpha value is -1.84. The highest BCUT2D eigenvalue weighted by molar-refractivity contribution is 5.46. The van der Waals surface area contributed by atoms with Gasteiger partial charge in [-0.2, -0.15) is 0 Å². The van der Waals surface area contributed by atoms with Crippen molar-refractivity contribution in [3.63, 3.8) is 0 Å². The van der Waals surface area contributed by atoms with Crippen LogP contribution in [0.3, 0.4) is 0 Å². The van der Waals surface area contributed by atoms with Crippen molar-refractivity contribution >= 4 is 0 Å². The topological polar surface area (TPSA) is 60.7 Å². The van der Waals surface area contributed by atoms with Crippen molar-refractivity contribution in [2.24, 2.45) is 5.92 Å². The lowest BCUT2D eigenvalue weighted by Gasteiger charge is -2.59. The van der Waals surface area contributed by atoms with Crippen LogP contribution in [-0.2, 0) is 11.0 Å². The lowest BCUT2D eigenvalue weighted by molar-refractivity contribution is -0.206. The molecule has 0 amide bonds. The van der Waals surface area contributed by atoms with E-state index in [1.807, 2.05) is 42.5 Å². The summed E-state index contributed by atoms with van der Waals surface area (Å²) >= 11 is 0. The van der Waals surface area contributed by atoms with Crippen molar-refractivity contribution in [3.05, 3.63) is 65.2 Å². The van der Waals surface area contributed by atoms with Gasteiger partial charge in [-0.15, -0.1) is 0 Å². The first-order chi connectivity index (χ1) is 12.7. The minimum Gasteiger partial charge on any atom is -0.508 e. The smallest absolute Gasteiger partial charge is 0.118 e. The Labute approximate surface area is 161 Å². The first kappa shape index (κ1) is 18.5. The van der Waals surface area contributed by atoms with Gasteiger partial charge >= 0.3 is 0 Å². The number of hydrogen-bond donors (Lipinski definition) is 3. The standard InChI is InChI=1S/C24H30O3/c1-4-23-15-22(3,26)24(27,17-8-6-5-7-9-17)14-18(23)12-16(2)20-13-19(25)10-11-21(20)23/h5-11,13,16,18,25-27H,4,12,14-15H2,1-3H3/t16?,18-,22?,23?,24?/m1/s1. The molecular weight excluding hydrogens is 336 g/mol. The number of phenols is 1. The van der Waals surface area contributed by atoms with Crippen LogP contribution in [0, 0.1) is 5.92 Å². The summed E-state index contributed by atoms with van der Waals surface area (Å²) in [5.74, 6) is 0.897. The zero-order valence-electron chi connectivity index (χ0n) is 16.4. The first-order valence-electron chi connectivity index (χ1n) is 10.1. The molecule has 2 aromatic carbocycles. The molecule has 0 saturated heterocycles. The molecule has 2 aliphatic carbocycles. The maximum Gasteiger partial charge on any atom is 0.118 e. The van der Waals surface area contributed by atoms with E-state index in [2.05, 4.69) is 13.8 Å². The molecule has 3 nitrogen and oxygen atoms in total. The Morgan fingerprint density at radius 3 is 2.44 bits per heavy atom. The van der Waals surface area contributed by atoms with Gasteiger partial charge in [-0.05, 0) is 73.3 Å². The van der Waals surface area contributed by atoms with Gasteiger partial charge in [-0.1, -0.05) is 50.2 Å². The van der Waals surface area contributed by atoms with Gasteiger partial charge in [-0.3, -0.25) is 0 Å². The van der Waals surface area contributed by atoms with E-state index in [1.54, 1.807) is 13.0 Å². The highest BCUT2D eigenvalue weighted by Gasteiger charge is 2.61. The summed E-state index contributed by atoms with van der Waals surface area (Å²) < 4.78 is 0. The lowest BCUT2D eigenvalue weighted by Crippen LogP contribution is -2.62. The molecule has 0 aromatic heterocycles. The summed E-state index contributed by atoms with van der Waals surface area (Å²) in [6.45, 7) is 6.17. The summed E-state index contributed by atoms with van der Waals surface area (Å²) in [4.78, 5) is 0. The molecule has 0 aliphatic heterocycles. The van der Waals surface area contributed by atoms with Gasteiger partial charge < -0.3 is 15.3 Å². The van der Waals surface area contributed by atoms with E-state index in [0.29, 0.717) is 24.5 Å². The molecule has 1 fully saturated rings. The van der Waals surface area contributed by atoms with E-state index in [0.717, 1.165) is 18.4 Å². The van der Waals surface area contributed by atoms with E-state index in [1.165, 1.54) is 11.1 Å². The predicted molar refractivity (Wildman–Crippen MR) is 107 cm³/mol. The van der Waals surface area contributed by atoms with Crippen molar-refractivity contribution < 1.29 is 15.3 Å². The van der Waals surface area contributed by atoms with E-state index < -0.39 is 11.2 Å². The van der Waals surface area contributed by atoms with Crippen LogP contribution < -0.4 is 0 Å². The minimum atomic E-state index is -1.26. The van der Waals surface area contributed by atoms with Crippen LogP contribution in [0.5, 0.6) is 5.75 Å². The van der Waals surface area contributed by atoms with Gasteiger partial charge in [0.25, 0.3) is 0 Å². The third-order valence-electron chi connectivity index (χ3n) is 7.50. The summed E-state index contributed by atoms with van der Waals surface area (Å²) in [7, 11) is 0. The summed E-state index contributed by atoms with van der Waals surface area (Å²) in [5.41, 5.74) is 0.544. The van der Waals surface area contributed by atoms with E-state index in [4.69, 9.17) is 0 Å². The molecule has 1 saturated carbocycles.